The molecule has 0 aliphatic carbocycles. The number of hydrogen-bond donors (Lipinski definition) is 0. The topological polar surface area (TPSA) is 3.24 Å². The molecule has 0 heterocycles. The average molecular weight is 396 g/mol. The molecule has 1 heteroatoms. The van der Waals surface area contributed by atoms with Gasteiger partial charge < -0.3 is 0 Å². The van der Waals surface area contributed by atoms with Gasteiger partial charge in [0.1, 0.15) is 0 Å². The van der Waals surface area contributed by atoms with Gasteiger partial charge in [-0.05, 0) is 53.5 Å². The van der Waals surface area contributed by atoms with Crippen molar-refractivity contribution in [2.75, 3.05) is 6.54 Å². The SMILES string of the molecule is CCCCCCCCCC(C)(C)N(CCC)C(C)(C)CCCCCCCCC. The Morgan fingerprint density at radius 1 is 0.429 bits per heavy atom. The third-order valence-corrected chi connectivity index (χ3v) is 6.69. The zero-order valence-electron chi connectivity index (χ0n) is 21.2. The molecule has 0 atom stereocenters. The molecule has 0 bridgehead atoms. The van der Waals surface area contributed by atoms with Gasteiger partial charge >= 0.3 is 0 Å². The third-order valence-electron chi connectivity index (χ3n) is 6.69. The van der Waals surface area contributed by atoms with Gasteiger partial charge in [-0.2, -0.15) is 0 Å². The van der Waals surface area contributed by atoms with Gasteiger partial charge in [0.2, 0.25) is 0 Å². The van der Waals surface area contributed by atoms with E-state index < -0.39 is 0 Å². The summed E-state index contributed by atoms with van der Waals surface area (Å²) >= 11 is 0. The Kier molecular flexibility index (Phi) is 16.7. The van der Waals surface area contributed by atoms with Crippen molar-refractivity contribution in [3.05, 3.63) is 0 Å². The van der Waals surface area contributed by atoms with E-state index in [1.807, 2.05) is 0 Å². The minimum Gasteiger partial charge on any atom is -0.293 e. The number of unbranched alkanes of at least 4 members (excludes halogenated alkanes) is 12. The summed E-state index contributed by atoms with van der Waals surface area (Å²) < 4.78 is 0. The summed E-state index contributed by atoms with van der Waals surface area (Å²) in [5.74, 6) is 0. The smallest absolute Gasteiger partial charge is 0.0158 e. The normalized spacial score (nSPS) is 12.9. The molecule has 0 radical (unpaired) electrons. The molecule has 0 amide bonds. The Bertz CT molecular complexity index is 301. The lowest BCUT2D eigenvalue weighted by molar-refractivity contribution is 0.00311. The summed E-state index contributed by atoms with van der Waals surface area (Å²) in [6.45, 7) is 18.2. The third kappa shape index (κ3) is 13.2. The Morgan fingerprint density at radius 2 is 0.750 bits per heavy atom. The molecule has 0 aromatic carbocycles. The minimum atomic E-state index is 0.323. The summed E-state index contributed by atoms with van der Waals surface area (Å²) in [6.07, 6.45) is 23.8. The number of nitrogens with zero attached hydrogens (tertiary/aromatic N) is 1. The van der Waals surface area contributed by atoms with Crippen molar-refractivity contribution in [2.45, 2.75) is 169 Å². The van der Waals surface area contributed by atoms with Crippen LogP contribution in [0.3, 0.4) is 0 Å². The first-order valence-corrected chi connectivity index (χ1v) is 13.1. The van der Waals surface area contributed by atoms with Gasteiger partial charge in [-0.1, -0.05) is 111 Å². The van der Waals surface area contributed by atoms with Crippen molar-refractivity contribution >= 4 is 0 Å². The van der Waals surface area contributed by atoms with E-state index >= 15 is 0 Å². The Morgan fingerprint density at radius 3 is 1.07 bits per heavy atom. The van der Waals surface area contributed by atoms with Gasteiger partial charge in [-0.3, -0.25) is 4.90 Å². The Hall–Kier alpha value is -0.0400. The van der Waals surface area contributed by atoms with Crippen molar-refractivity contribution in [2.24, 2.45) is 0 Å². The first-order valence-electron chi connectivity index (χ1n) is 13.1. The standard InChI is InChI=1S/C27H57N/c1-8-11-13-15-17-19-21-23-26(4,5)28(25-10-3)27(6,7)24-22-20-18-16-14-12-9-2/h8-25H2,1-7H3. The fraction of sp³-hybridized carbons (Fsp3) is 1.00. The average Bonchev–Trinajstić information content (AvgIpc) is 2.64. The van der Waals surface area contributed by atoms with Crippen LogP contribution < -0.4 is 0 Å². The molecule has 0 saturated heterocycles. The molecule has 0 aliphatic rings. The second-order valence-corrected chi connectivity index (χ2v) is 10.5. The van der Waals surface area contributed by atoms with Crippen LogP contribution in [0, 0.1) is 0 Å². The molecular weight excluding hydrogens is 338 g/mol. The quantitative estimate of drug-likeness (QED) is 0.185. The molecular formula is C27H57N. The van der Waals surface area contributed by atoms with Crippen LogP contribution in [0.15, 0.2) is 0 Å². The molecule has 0 fully saturated rings. The largest absolute Gasteiger partial charge is 0.293 e. The van der Waals surface area contributed by atoms with Crippen LogP contribution in [-0.4, -0.2) is 22.5 Å². The van der Waals surface area contributed by atoms with Crippen LogP contribution in [0.2, 0.25) is 0 Å². The van der Waals surface area contributed by atoms with Gasteiger partial charge in [-0.25, -0.2) is 0 Å². The molecule has 0 saturated carbocycles. The van der Waals surface area contributed by atoms with Gasteiger partial charge in [0.15, 0.2) is 0 Å². The van der Waals surface area contributed by atoms with Gasteiger partial charge in [0, 0.05) is 11.1 Å². The predicted octanol–water partition coefficient (Wildman–Crippen LogP) is 9.54. The van der Waals surface area contributed by atoms with E-state index in [9.17, 15) is 0 Å². The first kappa shape index (κ1) is 28.0. The zero-order chi connectivity index (χ0) is 21.3. The summed E-state index contributed by atoms with van der Waals surface area (Å²) in [5.41, 5.74) is 0.647. The van der Waals surface area contributed by atoms with Crippen molar-refractivity contribution < 1.29 is 0 Å². The number of rotatable bonds is 20. The molecule has 0 aliphatic heterocycles. The van der Waals surface area contributed by atoms with Gasteiger partial charge in [-0.15, -0.1) is 0 Å². The van der Waals surface area contributed by atoms with E-state index in [0.29, 0.717) is 11.1 Å². The molecule has 0 spiro atoms. The van der Waals surface area contributed by atoms with Crippen LogP contribution in [0.4, 0.5) is 0 Å². The minimum absolute atomic E-state index is 0.323. The Labute approximate surface area is 180 Å². The highest BCUT2D eigenvalue weighted by atomic mass is 15.2. The maximum atomic E-state index is 2.86. The van der Waals surface area contributed by atoms with Crippen LogP contribution >= 0.6 is 0 Å². The van der Waals surface area contributed by atoms with Crippen molar-refractivity contribution in [3.63, 3.8) is 0 Å². The van der Waals surface area contributed by atoms with Crippen LogP contribution in [-0.2, 0) is 0 Å². The highest BCUT2D eigenvalue weighted by Crippen LogP contribution is 2.33. The van der Waals surface area contributed by atoms with Crippen LogP contribution in [0.25, 0.3) is 0 Å². The van der Waals surface area contributed by atoms with Crippen molar-refractivity contribution in [1.82, 2.24) is 4.90 Å². The molecule has 0 unspecified atom stereocenters. The highest BCUT2D eigenvalue weighted by Gasteiger charge is 2.36. The van der Waals surface area contributed by atoms with E-state index in [1.165, 1.54) is 116 Å². The maximum Gasteiger partial charge on any atom is 0.0158 e. The van der Waals surface area contributed by atoms with Crippen LogP contribution in [0.1, 0.15) is 158 Å². The number of hydrogen-bond acceptors (Lipinski definition) is 1. The zero-order valence-corrected chi connectivity index (χ0v) is 21.2. The summed E-state index contributed by atoms with van der Waals surface area (Å²) in [5, 5.41) is 0. The molecule has 0 aromatic heterocycles. The predicted molar refractivity (Wildman–Crippen MR) is 130 cm³/mol. The maximum absolute atomic E-state index is 2.86. The van der Waals surface area contributed by atoms with E-state index in [0.717, 1.165) is 0 Å². The lowest BCUT2D eigenvalue weighted by Gasteiger charge is -2.49. The molecule has 1 nitrogen and oxygen atoms in total. The fourth-order valence-electron chi connectivity index (χ4n) is 4.95. The van der Waals surface area contributed by atoms with E-state index in [2.05, 4.69) is 53.4 Å². The van der Waals surface area contributed by atoms with E-state index in [4.69, 9.17) is 0 Å². The lowest BCUT2D eigenvalue weighted by Crippen LogP contribution is -2.55. The monoisotopic (exact) mass is 395 g/mol. The molecule has 0 aromatic rings. The first-order chi connectivity index (χ1) is 13.3. The summed E-state index contributed by atoms with van der Waals surface area (Å²) in [7, 11) is 0. The van der Waals surface area contributed by atoms with Crippen molar-refractivity contribution in [3.8, 4) is 0 Å². The second-order valence-electron chi connectivity index (χ2n) is 10.5. The van der Waals surface area contributed by atoms with Gasteiger partial charge in [0.05, 0.1) is 0 Å². The summed E-state index contributed by atoms with van der Waals surface area (Å²) in [4.78, 5) is 2.86. The Balaban J connectivity index is 4.35. The molecule has 170 valence electrons. The highest BCUT2D eigenvalue weighted by molar-refractivity contribution is 4.92. The second kappa shape index (κ2) is 16.7. The molecule has 0 N–H and O–H groups in total. The lowest BCUT2D eigenvalue weighted by atomic mass is 9.85. The van der Waals surface area contributed by atoms with Crippen LogP contribution in [0.5, 0.6) is 0 Å². The van der Waals surface area contributed by atoms with Crippen molar-refractivity contribution in [1.29, 1.82) is 0 Å². The van der Waals surface area contributed by atoms with E-state index in [-0.39, 0.29) is 0 Å². The summed E-state index contributed by atoms with van der Waals surface area (Å²) in [6, 6.07) is 0. The molecule has 0 rings (SSSR count). The molecule has 28 heavy (non-hydrogen) atoms. The van der Waals surface area contributed by atoms with Gasteiger partial charge in [0.25, 0.3) is 0 Å². The fourth-order valence-corrected chi connectivity index (χ4v) is 4.95. The van der Waals surface area contributed by atoms with E-state index in [1.54, 1.807) is 0 Å².